The zero-order chi connectivity index (χ0) is 21.6. The first-order chi connectivity index (χ1) is 15.1. The summed E-state index contributed by atoms with van der Waals surface area (Å²) in [5.41, 5.74) is 3.52. The number of anilines is 4. The van der Waals surface area contributed by atoms with E-state index < -0.39 is 0 Å². The molecule has 1 amide bonds. The van der Waals surface area contributed by atoms with E-state index in [0.717, 1.165) is 53.2 Å². The molecule has 2 heterocycles. The summed E-state index contributed by atoms with van der Waals surface area (Å²) < 4.78 is 5.15. The monoisotopic (exact) mass is 417 g/mol. The maximum atomic E-state index is 12.3. The van der Waals surface area contributed by atoms with Crippen molar-refractivity contribution >= 4 is 29.0 Å². The van der Waals surface area contributed by atoms with E-state index in [2.05, 4.69) is 25.5 Å². The van der Waals surface area contributed by atoms with Gasteiger partial charge < -0.3 is 20.3 Å². The van der Waals surface area contributed by atoms with Crippen LogP contribution in [0.4, 0.5) is 23.1 Å². The standard InChI is InChI=1S/C24H27N5O2/c1-17-15-22(28-24(25-17)29-13-3-4-14-29)26-19-7-9-20(10-8-19)27-23(30)16-18-5-11-21(31-2)12-6-18/h5-12,15H,3-4,13-14,16H2,1-2H3,(H,27,30)(H,25,26,28). The highest BCUT2D eigenvalue weighted by molar-refractivity contribution is 5.92. The summed E-state index contributed by atoms with van der Waals surface area (Å²) in [4.78, 5) is 23.8. The molecule has 0 radical (unpaired) electrons. The molecule has 4 rings (SSSR count). The second-order valence-electron chi connectivity index (χ2n) is 7.66. The molecule has 1 aliphatic heterocycles. The predicted molar refractivity (Wildman–Crippen MR) is 123 cm³/mol. The van der Waals surface area contributed by atoms with E-state index in [-0.39, 0.29) is 5.91 Å². The SMILES string of the molecule is COc1ccc(CC(=O)Nc2ccc(Nc3cc(C)nc(N4CCCC4)n3)cc2)cc1. The minimum absolute atomic E-state index is 0.0624. The van der Waals surface area contributed by atoms with Gasteiger partial charge in [0, 0.05) is 36.2 Å². The Morgan fingerprint density at radius 3 is 2.35 bits per heavy atom. The average molecular weight is 418 g/mol. The van der Waals surface area contributed by atoms with E-state index in [1.165, 1.54) is 12.8 Å². The number of benzene rings is 2. The number of carbonyl (C=O) groups excluding carboxylic acids is 1. The molecule has 0 bridgehead atoms. The number of carbonyl (C=O) groups is 1. The number of hydrogen-bond acceptors (Lipinski definition) is 6. The molecule has 2 aromatic carbocycles. The second kappa shape index (κ2) is 9.47. The highest BCUT2D eigenvalue weighted by atomic mass is 16.5. The molecule has 160 valence electrons. The average Bonchev–Trinajstić information content (AvgIpc) is 3.30. The lowest BCUT2D eigenvalue weighted by atomic mass is 10.1. The van der Waals surface area contributed by atoms with Crippen molar-refractivity contribution in [3.05, 3.63) is 65.9 Å². The summed E-state index contributed by atoms with van der Waals surface area (Å²) in [6.07, 6.45) is 2.68. The third-order valence-corrected chi connectivity index (χ3v) is 5.20. The molecule has 7 nitrogen and oxygen atoms in total. The van der Waals surface area contributed by atoms with E-state index in [4.69, 9.17) is 4.74 Å². The number of aryl methyl sites for hydroxylation is 1. The Balaban J connectivity index is 1.36. The molecule has 1 aliphatic rings. The van der Waals surface area contributed by atoms with E-state index >= 15 is 0 Å². The Kier molecular flexibility index (Phi) is 6.31. The number of nitrogens with zero attached hydrogens (tertiary/aromatic N) is 3. The van der Waals surface area contributed by atoms with E-state index in [1.54, 1.807) is 7.11 Å². The zero-order valence-corrected chi connectivity index (χ0v) is 17.9. The molecule has 0 spiro atoms. The largest absolute Gasteiger partial charge is 0.497 e. The van der Waals surface area contributed by atoms with Crippen LogP contribution in [0.25, 0.3) is 0 Å². The minimum Gasteiger partial charge on any atom is -0.497 e. The van der Waals surface area contributed by atoms with Crippen LogP contribution in [0, 0.1) is 6.92 Å². The van der Waals surface area contributed by atoms with Gasteiger partial charge in [-0.15, -0.1) is 0 Å². The number of nitrogens with one attached hydrogen (secondary N) is 2. The van der Waals surface area contributed by atoms with Gasteiger partial charge in [-0.1, -0.05) is 12.1 Å². The fourth-order valence-corrected chi connectivity index (χ4v) is 3.59. The highest BCUT2D eigenvalue weighted by Crippen LogP contribution is 2.22. The lowest BCUT2D eigenvalue weighted by Gasteiger charge is -2.17. The Bertz CT molecular complexity index is 1030. The Morgan fingerprint density at radius 1 is 1.00 bits per heavy atom. The second-order valence-corrected chi connectivity index (χ2v) is 7.66. The molecule has 1 saturated heterocycles. The fourth-order valence-electron chi connectivity index (χ4n) is 3.59. The van der Waals surface area contributed by atoms with Gasteiger partial charge in [0.2, 0.25) is 11.9 Å². The van der Waals surface area contributed by atoms with Gasteiger partial charge in [-0.2, -0.15) is 4.98 Å². The van der Waals surface area contributed by atoms with Crippen molar-refractivity contribution in [3.8, 4) is 5.75 Å². The molecule has 1 aromatic heterocycles. The van der Waals surface area contributed by atoms with Gasteiger partial charge in [0.15, 0.2) is 0 Å². The summed E-state index contributed by atoms with van der Waals surface area (Å²) in [6, 6.07) is 17.0. The molecule has 0 atom stereocenters. The molecular weight excluding hydrogens is 390 g/mol. The Hall–Kier alpha value is -3.61. The van der Waals surface area contributed by atoms with Crippen LogP contribution in [0.3, 0.4) is 0 Å². The van der Waals surface area contributed by atoms with Gasteiger partial charge in [0.25, 0.3) is 0 Å². The van der Waals surface area contributed by atoms with E-state index in [0.29, 0.717) is 6.42 Å². The highest BCUT2D eigenvalue weighted by Gasteiger charge is 2.16. The van der Waals surface area contributed by atoms with Gasteiger partial charge in [-0.25, -0.2) is 4.98 Å². The molecule has 1 fully saturated rings. The third-order valence-electron chi connectivity index (χ3n) is 5.20. The smallest absolute Gasteiger partial charge is 0.228 e. The van der Waals surface area contributed by atoms with Crippen molar-refractivity contribution in [1.82, 2.24) is 9.97 Å². The maximum Gasteiger partial charge on any atom is 0.228 e. The first kappa shape index (κ1) is 20.7. The minimum atomic E-state index is -0.0624. The molecule has 2 N–H and O–H groups in total. The van der Waals surface area contributed by atoms with Crippen LogP contribution in [-0.4, -0.2) is 36.1 Å². The van der Waals surface area contributed by atoms with E-state index in [1.807, 2.05) is 61.5 Å². The van der Waals surface area contributed by atoms with Crippen molar-refractivity contribution in [2.75, 3.05) is 35.7 Å². The molecule has 0 saturated carbocycles. The predicted octanol–water partition coefficient (Wildman–Crippen LogP) is 4.32. The summed E-state index contributed by atoms with van der Waals surface area (Å²) in [5, 5.41) is 6.27. The molecule has 31 heavy (non-hydrogen) atoms. The van der Waals surface area contributed by atoms with Crippen molar-refractivity contribution in [3.63, 3.8) is 0 Å². The zero-order valence-electron chi connectivity index (χ0n) is 17.9. The normalized spacial score (nSPS) is 13.2. The number of aromatic nitrogens is 2. The van der Waals surface area contributed by atoms with Crippen LogP contribution in [0.1, 0.15) is 24.1 Å². The van der Waals surface area contributed by atoms with Crippen molar-refractivity contribution < 1.29 is 9.53 Å². The van der Waals surface area contributed by atoms with Gasteiger partial charge in [-0.3, -0.25) is 4.79 Å². The van der Waals surface area contributed by atoms with Crippen molar-refractivity contribution in [2.24, 2.45) is 0 Å². The van der Waals surface area contributed by atoms with Crippen molar-refractivity contribution in [1.29, 1.82) is 0 Å². The lowest BCUT2D eigenvalue weighted by molar-refractivity contribution is -0.115. The van der Waals surface area contributed by atoms with E-state index in [9.17, 15) is 4.79 Å². The Labute approximate surface area is 182 Å². The summed E-state index contributed by atoms with van der Waals surface area (Å²) in [5.74, 6) is 2.26. The number of hydrogen-bond donors (Lipinski definition) is 2. The number of ether oxygens (including phenoxy) is 1. The fraction of sp³-hybridized carbons (Fsp3) is 0.292. The van der Waals surface area contributed by atoms with Crippen LogP contribution >= 0.6 is 0 Å². The molecule has 3 aromatic rings. The first-order valence-electron chi connectivity index (χ1n) is 10.5. The molecule has 0 unspecified atom stereocenters. The lowest BCUT2D eigenvalue weighted by Crippen LogP contribution is -2.21. The molecular formula is C24H27N5O2. The molecule has 0 aliphatic carbocycles. The van der Waals surface area contributed by atoms with Crippen LogP contribution in [-0.2, 0) is 11.2 Å². The van der Waals surface area contributed by atoms with Gasteiger partial charge in [0.1, 0.15) is 11.6 Å². The third kappa shape index (κ3) is 5.51. The summed E-state index contributed by atoms with van der Waals surface area (Å²) in [6.45, 7) is 4.00. The quantitative estimate of drug-likeness (QED) is 0.596. The number of methoxy groups -OCH3 is 1. The molecule has 7 heteroatoms. The van der Waals surface area contributed by atoms with Gasteiger partial charge in [0.05, 0.1) is 13.5 Å². The summed E-state index contributed by atoms with van der Waals surface area (Å²) >= 11 is 0. The maximum absolute atomic E-state index is 12.3. The summed E-state index contributed by atoms with van der Waals surface area (Å²) in [7, 11) is 1.62. The van der Waals surface area contributed by atoms with Gasteiger partial charge in [-0.05, 0) is 61.7 Å². The topological polar surface area (TPSA) is 79.4 Å². The Morgan fingerprint density at radius 2 is 1.68 bits per heavy atom. The van der Waals surface area contributed by atoms with Crippen LogP contribution in [0.5, 0.6) is 5.75 Å². The van der Waals surface area contributed by atoms with Crippen LogP contribution in [0.2, 0.25) is 0 Å². The first-order valence-corrected chi connectivity index (χ1v) is 10.5. The number of amides is 1. The van der Waals surface area contributed by atoms with Gasteiger partial charge >= 0.3 is 0 Å². The number of rotatable bonds is 7. The van der Waals surface area contributed by atoms with Crippen LogP contribution < -0.4 is 20.3 Å². The van der Waals surface area contributed by atoms with Crippen molar-refractivity contribution in [2.45, 2.75) is 26.2 Å². The van der Waals surface area contributed by atoms with Crippen LogP contribution in [0.15, 0.2) is 54.6 Å².